The minimum Gasteiger partial charge on any atom is -0.192 e. The van der Waals surface area contributed by atoms with Crippen LogP contribution in [0.15, 0.2) is 12.1 Å². The van der Waals surface area contributed by atoms with E-state index in [4.69, 9.17) is 33.7 Å². The standard InChI is InChI=1S/C8H2Cl2N2/c9-7-2-1-5(3-11)6(4-12)8(7)10/h1-2H. The molecule has 0 fully saturated rings. The summed E-state index contributed by atoms with van der Waals surface area (Å²) in [4.78, 5) is 0. The molecule has 0 spiro atoms. The zero-order valence-corrected chi connectivity index (χ0v) is 7.32. The lowest BCUT2D eigenvalue weighted by Gasteiger charge is -1.98. The van der Waals surface area contributed by atoms with Crippen LogP contribution >= 0.6 is 23.2 Å². The first-order valence-electron chi connectivity index (χ1n) is 2.99. The fourth-order valence-corrected chi connectivity index (χ4v) is 1.12. The van der Waals surface area contributed by atoms with E-state index in [0.29, 0.717) is 0 Å². The second kappa shape index (κ2) is 3.45. The number of hydrogen-bond donors (Lipinski definition) is 0. The van der Waals surface area contributed by atoms with Gasteiger partial charge in [-0.3, -0.25) is 0 Å². The van der Waals surface area contributed by atoms with Gasteiger partial charge in [0.25, 0.3) is 0 Å². The summed E-state index contributed by atoms with van der Waals surface area (Å²) >= 11 is 11.3. The van der Waals surface area contributed by atoms with Gasteiger partial charge in [0.15, 0.2) is 0 Å². The molecule has 2 nitrogen and oxygen atoms in total. The Hall–Kier alpha value is -1.22. The van der Waals surface area contributed by atoms with Crippen molar-refractivity contribution < 1.29 is 0 Å². The highest BCUT2D eigenvalue weighted by Crippen LogP contribution is 2.27. The highest BCUT2D eigenvalue weighted by atomic mass is 35.5. The first-order chi connectivity index (χ1) is 5.70. The van der Waals surface area contributed by atoms with Gasteiger partial charge in [0.2, 0.25) is 0 Å². The summed E-state index contributed by atoms with van der Waals surface area (Å²) in [7, 11) is 0. The van der Waals surface area contributed by atoms with E-state index in [1.54, 1.807) is 0 Å². The van der Waals surface area contributed by atoms with Crippen LogP contribution in [0.25, 0.3) is 0 Å². The number of rotatable bonds is 0. The number of hydrogen-bond acceptors (Lipinski definition) is 2. The quantitative estimate of drug-likeness (QED) is 0.641. The molecule has 0 radical (unpaired) electrons. The number of halogens is 2. The SMILES string of the molecule is N#Cc1ccc(Cl)c(Cl)c1C#N. The minimum absolute atomic E-state index is 0.131. The highest BCUT2D eigenvalue weighted by Gasteiger charge is 2.08. The molecule has 0 unspecified atom stereocenters. The van der Waals surface area contributed by atoms with E-state index in [9.17, 15) is 0 Å². The smallest absolute Gasteiger partial charge is 0.102 e. The minimum atomic E-state index is 0.131. The molecule has 0 saturated heterocycles. The van der Waals surface area contributed by atoms with Crippen molar-refractivity contribution in [3.05, 3.63) is 33.3 Å². The molecule has 0 aromatic heterocycles. The van der Waals surface area contributed by atoms with Crippen molar-refractivity contribution >= 4 is 23.2 Å². The zero-order chi connectivity index (χ0) is 9.14. The van der Waals surface area contributed by atoms with Gasteiger partial charge in [0.1, 0.15) is 12.1 Å². The van der Waals surface area contributed by atoms with Crippen LogP contribution < -0.4 is 0 Å². The topological polar surface area (TPSA) is 47.6 Å². The van der Waals surface area contributed by atoms with E-state index in [-0.39, 0.29) is 21.2 Å². The van der Waals surface area contributed by atoms with Crippen molar-refractivity contribution in [3.63, 3.8) is 0 Å². The van der Waals surface area contributed by atoms with Crippen LogP contribution in [-0.2, 0) is 0 Å². The second-order valence-corrected chi connectivity index (χ2v) is 2.79. The van der Waals surface area contributed by atoms with Crippen molar-refractivity contribution in [2.45, 2.75) is 0 Å². The maximum Gasteiger partial charge on any atom is 0.102 e. The highest BCUT2D eigenvalue weighted by molar-refractivity contribution is 6.42. The molecule has 1 aromatic carbocycles. The summed E-state index contributed by atoms with van der Waals surface area (Å²) in [5, 5.41) is 17.6. The molecule has 0 aliphatic heterocycles. The lowest BCUT2D eigenvalue weighted by molar-refractivity contribution is 1.43. The Bertz CT molecular complexity index is 399. The summed E-state index contributed by atoms with van der Waals surface area (Å²) < 4.78 is 0. The molecule has 1 rings (SSSR count). The van der Waals surface area contributed by atoms with Gasteiger partial charge in [0, 0.05) is 0 Å². The van der Waals surface area contributed by atoms with Gasteiger partial charge in [-0.25, -0.2) is 0 Å². The summed E-state index contributed by atoms with van der Waals surface area (Å²) in [6.07, 6.45) is 0. The summed E-state index contributed by atoms with van der Waals surface area (Å²) in [6.45, 7) is 0. The van der Waals surface area contributed by atoms with Gasteiger partial charge in [-0.05, 0) is 12.1 Å². The summed E-state index contributed by atoms with van der Waals surface area (Å²) in [6, 6.07) is 6.62. The molecule has 4 heteroatoms. The normalized spacial score (nSPS) is 8.67. The van der Waals surface area contributed by atoms with Gasteiger partial charge in [-0.15, -0.1) is 0 Å². The third-order valence-corrected chi connectivity index (χ3v) is 2.13. The molecular weight excluding hydrogens is 195 g/mol. The van der Waals surface area contributed by atoms with Gasteiger partial charge >= 0.3 is 0 Å². The molecule has 58 valence electrons. The van der Waals surface area contributed by atoms with Crippen molar-refractivity contribution in [2.24, 2.45) is 0 Å². The molecule has 0 amide bonds. The van der Waals surface area contributed by atoms with Crippen molar-refractivity contribution in [1.82, 2.24) is 0 Å². The Labute approximate surface area is 79.6 Å². The molecule has 0 atom stereocenters. The fraction of sp³-hybridized carbons (Fsp3) is 0. The van der Waals surface area contributed by atoms with E-state index in [1.807, 2.05) is 12.1 Å². The maximum absolute atomic E-state index is 8.61. The Morgan fingerprint density at radius 3 is 2.25 bits per heavy atom. The van der Waals surface area contributed by atoms with Gasteiger partial charge in [-0.2, -0.15) is 10.5 Å². The third kappa shape index (κ3) is 1.36. The third-order valence-electron chi connectivity index (χ3n) is 1.33. The summed E-state index contributed by atoms with van der Waals surface area (Å²) in [5.74, 6) is 0. The Kier molecular flexibility index (Phi) is 2.55. The molecule has 0 bridgehead atoms. The van der Waals surface area contributed by atoms with E-state index in [1.165, 1.54) is 12.1 Å². The maximum atomic E-state index is 8.61. The average Bonchev–Trinajstić information content (AvgIpc) is 2.09. The van der Waals surface area contributed by atoms with Crippen molar-refractivity contribution in [2.75, 3.05) is 0 Å². The predicted molar refractivity (Wildman–Crippen MR) is 45.9 cm³/mol. The van der Waals surface area contributed by atoms with Gasteiger partial charge in [0.05, 0.1) is 21.2 Å². The Balaban J connectivity index is 3.52. The Morgan fingerprint density at radius 1 is 1.08 bits per heavy atom. The van der Waals surface area contributed by atoms with Crippen LogP contribution in [0.4, 0.5) is 0 Å². The molecule has 1 aromatic rings. The predicted octanol–water partition coefficient (Wildman–Crippen LogP) is 2.74. The van der Waals surface area contributed by atoms with Crippen LogP contribution in [0.5, 0.6) is 0 Å². The molecule has 0 heterocycles. The van der Waals surface area contributed by atoms with Crippen molar-refractivity contribution in [3.8, 4) is 12.1 Å². The van der Waals surface area contributed by atoms with E-state index in [2.05, 4.69) is 0 Å². The fourth-order valence-electron chi connectivity index (χ4n) is 0.753. The molecule has 0 aliphatic carbocycles. The average molecular weight is 197 g/mol. The first kappa shape index (κ1) is 8.87. The Morgan fingerprint density at radius 2 is 1.75 bits per heavy atom. The van der Waals surface area contributed by atoms with E-state index < -0.39 is 0 Å². The summed E-state index contributed by atoms with van der Waals surface area (Å²) in [5.41, 5.74) is 0.374. The number of nitriles is 2. The van der Waals surface area contributed by atoms with Crippen LogP contribution in [0.1, 0.15) is 11.1 Å². The molecule has 12 heavy (non-hydrogen) atoms. The van der Waals surface area contributed by atoms with Crippen LogP contribution in [0, 0.1) is 22.7 Å². The van der Waals surface area contributed by atoms with E-state index in [0.717, 1.165) is 0 Å². The molecule has 0 N–H and O–H groups in total. The van der Waals surface area contributed by atoms with Crippen LogP contribution in [-0.4, -0.2) is 0 Å². The lowest BCUT2D eigenvalue weighted by Crippen LogP contribution is -1.85. The van der Waals surface area contributed by atoms with Gasteiger partial charge < -0.3 is 0 Å². The zero-order valence-electron chi connectivity index (χ0n) is 5.81. The number of nitrogens with zero attached hydrogens (tertiary/aromatic N) is 2. The van der Waals surface area contributed by atoms with Crippen LogP contribution in [0.2, 0.25) is 10.0 Å². The first-order valence-corrected chi connectivity index (χ1v) is 3.74. The van der Waals surface area contributed by atoms with Crippen LogP contribution in [0.3, 0.4) is 0 Å². The second-order valence-electron chi connectivity index (χ2n) is 2.01. The largest absolute Gasteiger partial charge is 0.192 e. The number of benzene rings is 1. The molecule has 0 aliphatic rings. The van der Waals surface area contributed by atoms with Crippen molar-refractivity contribution in [1.29, 1.82) is 10.5 Å². The van der Waals surface area contributed by atoms with E-state index >= 15 is 0 Å². The lowest BCUT2D eigenvalue weighted by atomic mass is 10.1. The monoisotopic (exact) mass is 196 g/mol. The molecule has 0 saturated carbocycles. The van der Waals surface area contributed by atoms with Gasteiger partial charge in [-0.1, -0.05) is 23.2 Å². The molecular formula is C8H2Cl2N2.